The molecule has 8 heteroatoms. The smallest absolute Gasteiger partial charge is 0.348 e. The molecule has 1 aromatic heterocycles. The summed E-state index contributed by atoms with van der Waals surface area (Å²) in [5.74, 6) is 0.193. The van der Waals surface area contributed by atoms with Crippen LogP contribution in [-0.4, -0.2) is 37.3 Å². The normalized spacial score (nSPS) is 12.5. The zero-order chi connectivity index (χ0) is 21.1. The largest absolute Gasteiger partial charge is 0.493 e. The Labute approximate surface area is 168 Å². The number of benzene rings is 1. The van der Waals surface area contributed by atoms with Crippen LogP contribution >= 0.6 is 0 Å². The number of nitrogens with zero attached hydrogens (tertiary/aromatic N) is 3. The van der Waals surface area contributed by atoms with Crippen molar-refractivity contribution >= 4 is 23.6 Å². The molecule has 8 nitrogen and oxygen atoms in total. The van der Waals surface area contributed by atoms with Gasteiger partial charge in [-0.3, -0.25) is 4.79 Å². The molecule has 1 aromatic carbocycles. The number of carbonyl (C=O) groups is 2. The summed E-state index contributed by atoms with van der Waals surface area (Å²) in [6, 6.07) is 9.03. The third kappa shape index (κ3) is 3.55. The van der Waals surface area contributed by atoms with Gasteiger partial charge in [0.05, 0.1) is 38.7 Å². The van der Waals surface area contributed by atoms with Crippen molar-refractivity contribution in [3.63, 3.8) is 0 Å². The summed E-state index contributed by atoms with van der Waals surface area (Å²) in [6.07, 6.45) is 1.48. The summed E-state index contributed by atoms with van der Waals surface area (Å²) in [6.45, 7) is 3.69. The van der Waals surface area contributed by atoms with Crippen molar-refractivity contribution < 1.29 is 23.8 Å². The Bertz CT molecular complexity index is 1050. The van der Waals surface area contributed by atoms with Gasteiger partial charge in [-0.2, -0.15) is 5.26 Å². The predicted molar refractivity (Wildman–Crippen MR) is 106 cm³/mol. The fraction of sp³-hybridized carbons (Fsp3) is 0.286. The van der Waals surface area contributed by atoms with Gasteiger partial charge in [-0.25, -0.2) is 4.79 Å². The highest BCUT2D eigenvalue weighted by Crippen LogP contribution is 2.42. The number of amides is 1. The number of rotatable bonds is 5. The minimum atomic E-state index is -0.681. The van der Waals surface area contributed by atoms with Gasteiger partial charge < -0.3 is 23.7 Å². The van der Waals surface area contributed by atoms with Crippen LogP contribution < -0.4 is 14.4 Å². The second kappa shape index (κ2) is 8.10. The van der Waals surface area contributed by atoms with E-state index in [1.54, 1.807) is 30.0 Å². The van der Waals surface area contributed by atoms with Crippen LogP contribution in [0.3, 0.4) is 0 Å². The van der Waals surface area contributed by atoms with Gasteiger partial charge in [0.1, 0.15) is 11.6 Å². The zero-order valence-corrected chi connectivity index (χ0v) is 16.7. The molecule has 150 valence electrons. The lowest BCUT2D eigenvalue weighted by Crippen LogP contribution is -2.33. The summed E-state index contributed by atoms with van der Waals surface area (Å²) in [7, 11) is 3.06. The molecular weight excluding hydrogens is 374 g/mol. The van der Waals surface area contributed by atoms with E-state index in [0.717, 1.165) is 5.69 Å². The van der Waals surface area contributed by atoms with Crippen molar-refractivity contribution in [2.45, 2.75) is 20.4 Å². The van der Waals surface area contributed by atoms with Crippen LogP contribution in [0.4, 0.5) is 5.69 Å². The topological polar surface area (TPSA) is 93.8 Å². The second-order valence-corrected chi connectivity index (χ2v) is 6.28. The van der Waals surface area contributed by atoms with Gasteiger partial charge in [0.2, 0.25) is 5.91 Å². The highest BCUT2D eigenvalue weighted by Gasteiger charge is 2.28. The Hall–Kier alpha value is -3.73. The van der Waals surface area contributed by atoms with E-state index in [-0.39, 0.29) is 18.1 Å². The molecule has 2 heterocycles. The molecule has 0 bridgehead atoms. The molecule has 0 spiro atoms. The SMILES string of the molecule is CCOC(=O)C(C#N)=Cc1ccc2n1-c1cc(OC)c(OC)cc1N(C(C)=O)C2. The number of esters is 1. The summed E-state index contributed by atoms with van der Waals surface area (Å²) >= 11 is 0. The molecule has 0 saturated heterocycles. The van der Waals surface area contributed by atoms with Crippen LogP contribution in [0.1, 0.15) is 25.2 Å². The number of methoxy groups -OCH3 is 2. The number of carbonyl (C=O) groups excluding carboxylic acids is 2. The molecule has 29 heavy (non-hydrogen) atoms. The quantitative estimate of drug-likeness (QED) is 0.439. The minimum Gasteiger partial charge on any atom is -0.493 e. The average molecular weight is 395 g/mol. The van der Waals surface area contributed by atoms with Crippen LogP contribution in [0.25, 0.3) is 11.8 Å². The van der Waals surface area contributed by atoms with E-state index in [9.17, 15) is 14.9 Å². The monoisotopic (exact) mass is 395 g/mol. The van der Waals surface area contributed by atoms with E-state index in [4.69, 9.17) is 14.2 Å². The lowest BCUT2D eigenvalue weighted by Gasteiger charge is -2.31. The van der Waals surface area contributed by atoms with Crippen molar-refractivity contribution in [3.8, 4) is 23.3 Å². The first-order chi connectivity index (χ1) is 13.9. The van der Waals surface area contributed by atoms with E-state index in [1.165, 1.54) is 27.2 Å². The van der Waals surface area contributed by atoms with E-state index in [1.807, 2.05) is 16.7 Å². The molecule has 0 atom stereocenters. The van der Waals surface area contributed by atoms with Crippen LogP contribution in [0, 0.1) is 11.3 Å². The summed E-state index contributed by atoms with van der Waals surface area (Å²) < 4.78 is 17.6. The fourth-order valence-corrected chi connectivity index (χ4v) is 3.30. The number of aromatic nitrogens is 1. The van der Waals surface area contributed by atoms with Gasteiger partial charge in [0.15, 0.2) is 11.5 Å². The average Bonchev–Trinajstić information content (AvgIpc) is 3.12. The maximum absolute atomic E-state index is 12.2. The number of hydrogen-bond acceptors (Lipinski definition) is 6. The van der Waals surface area contributed by atoms with Gasteiger partial charge in [0, 0.05) is 30.4 Å². The molecule has 1 amide bonds. The van der Waals surface area contributed by atoms with E-state index in [0.29, 0.717) is 35.1 Å². The molecule has 0 radical (unpaired) electrons. The molecule has 0 saturated carbocycles. The molecule has 3 rings (SSSR count). The van der Waals surface area contributed by atoms with E-state index >= 15 is 0 Å². The van der Waals surface area contributed by atoms with Gasteiger partial charge in [-0.15, -0.1) is 0 Å². The lowest BCUT2D eigenvalue weighted by molar-refractivity contribution is -0.137. The molecule has 0 aliphatic carbocycles. The van der Waals surface area contributed by atoms with Gasteiger partial charge in [-0.05, 0) is 25.1 Å². The van der Waals surface area contributed by atoms with Crippen LogP contribution in [-0.2, 0) is 20.9 Å². The standard InChI is InChI=1S/C21H21N3O5/c1-5-29-21(26)14(11-22)8-15-6-7-16-12-23(13(2)25)17-9-19(27-3)20(28-4)10-18(17)24(15)16/h6-10H,5,12H2,1-4H3. The van der Waals surface area contributed by atoms with Crippen LogP contribution in [0.2, 0.25) is 0 Å². The Morgan fingerprint density at radius 1 is 1.17 bits per heavy atom. The van der Waals surface area contributed by atoms with Gasteiger partial charge in [0.25, 0.3) is 0 Å². The first kappa shape index (κ1) is 20.0. The Morgan fingerprint density at radius 2 is 1.83 bits per heavy atom. The Balaban J connectivity index is 2.22. The number of anilines is 1. The molecule has 1 aliphatic heterocycles. The van der Waals surface area contributed by atoms with Crippen LogP contribution in [0.15, 0.2) is 29.8 Å². The second-order valence-electron chi connectivity index (χ2n) is 6.28. The van der Waals surface area contributed by atoms with E-state index in [2.05, 4.69) is 0 Å². The summed E-state index contributed by atoms with van der Waals surface area (Å²) in [4.78, 5) is 25.9. The Kier molecular flexibility index (Phi) is 5.59. The number of hydrogen-bond donors (Lipinski definition) is 0. The molecule has 0 fully saturated rings. The highest BCUT2D eigenvalue weighted by atomic mass is 16.5. The molecule has 1 aliphatic rings. The van der Waals surface area contributed by atoms with Crippen LogP contribution in [0.5, 0.6) is 11.5 Å². The fourth-order valence-electron chi connectivity index (χ4n) is 3.30. The molecule has 2 aromatic rings. The highest BCUT2D eigenvalue weighted by molar-refractivity contribution is 5.98. The molecule has 0 unspecified atom stereocenters. The lowest BCUT2D eigenvalue weighted by atomic mass is 10.1. The third-order valence-corrected chi connectivity index (χ3v) is 4.61. The van der Waals surface area contributed by atoms with Crippen molar-refractivity contribution in [1.82, 2.24) is 4.57 Å². The maximum Gasteiger partial charge on any atom is 0.348 e. The summed E-state index contributed by atoms with van der Waals surface area (Å²) in [5, 5.41) is 9.37. The predicted octanol–water partition coefficient (Wildman–Crippen LogP) is 2.83. The number of ether oxygens (including phenoxy) is 3. The molecule has 0 N–H and O–H groups in total. The first-order valence-electron chi connectivity index (χ1n) is 8.99. The summed E-state index contributed by atoms with van der Waals surface area (Å²) in [5.41, 5.74) is 2.65. The Morgan fingerprint density at radius 3 is 2.38 bits per heavy atom. The van der Waals surface area contributed by atoms with Crippen molar-refractivity contribution in [1.29, 1.82) is 5.26 Å². The van der Waals surface area contributed by atoms with Crippen molar-refractivity contribution in [2.24, 2.45) is 0 Å². The number of nitriles is 1. The number of fused-ring (bicyclic) bond motifs is 3. The van der Waals surface area contributed by atoms with Gasteiger partial charge >= 0.3 is 5.97 Å². The zero-order valence-electron chi connectivity index (χ0n) is 16.7. The minimum absolute atomic E-state index is 0.108. The van der Waals surface area contributed by atoms with Gasteiger partial charge in [-0.1, -0.05) is 0 Å². The third-order valence-electron chi connectivity index (χ3n) is 4.61. The first-order valence-corrected chi connectivity index (χ1v) is 8.99. The van der Waals surface area contributed by atoms with Crippen molar-refractivity contribution in [3.05, 3.63) is 41.2 Å². The molecular formula is C21H21N3O5. The van der Waals surface area contributed by atoms with E-state index < -0.39 is 5.97 Å². The van der Waals surface area contributed by atoms with Crippen molar-refractivity contribution in [2.75, 3.05) is 25.7 Å². The maximum atomic E-state index is 12.2.